The summed E-state index contributed by atoms with van der Waals surface area (Å²) in [5.41, 5.74) is 0.447. The molecule has 0 aromatic rings. The Morgan fingerprint density at radius 3 is 2.60 bits per heavy atom. The van der Waals surface area contributed by atoms with E-state index < -0.39 is 0 Å². The Labute approximate surface area is 129 Å². The number of likely N-dealkylation sites (tertiary alicyclic amines) is 1. The van der Waals surface area contributed by atoms with E-state index in [2.05, 4.69) is 38.0 Å². The molecule has 1 fully saturated rings. The molecule has 0 bridgehead atoms. The first-order valence-corrected chi connectivity index (χ1v) is 9.08. The highest BCUT2D eigenvalue weighted by Crippen LogP contribution is 2.32. The average Bonchev–Trinajstić information content (AvgIpc) is 2.91. The number of aliphatic imine (C=N–C) groups is 1. The lowest BCUT2D eigenvalue weighted by atomic mass is 9.80. The van der Waals surface area contributed by atoms with Gasteiger partial charge in [-0.1, -0.05) is 45.4 Å². The third-order valence-electron chi connectivity index (χ3n) is 5.11. The second kappa shape index (κ2) is 7.17. The van der Waals surface area contributed by atoms with Gasteiger partial charge >= 0.3 is 0 Å². The van der Waals surface area contributed by atoms with E-state index in [-0.39, 0.29) is 0 Å². The molecule has 0 amide bonds. The van der Waals surface area contributed by atoms with Crippen molar-refractivity contribution in [2.45, 2.75) is 51.7 Å². The Morgan fingerprint density at radius 2 is 2.00 bits per heavy atom. The summed E-state index contributed by atoms with van der Waals surface area (Å²) in [6, 6.07) is 0. The molecule has 2 aliphatic rings. The van der Waals surface area contributed by atoms with Gasteiger partial charge in [0.25, 0.3) is 0 Å². The standard InChI is InChI=1S/C16H31N3S/c1-5-13(6-2)14-11-17-15(20-14)18-12-16(3)7-9-19(4)10-8-16/h13-14H,5-12H2,1-4H3,(H,17,18). The van der Waals surface area contributed by atoms with E-state index in [9.17, 15) is 0 Å². The zero-order valence-electron chi connectivity index (χ0n) is 13.6. The minimum absolute atomic E-state index is 0.447. The van der Waals surface area contributed by atoms with Crippen molar-refractivity contribution in [3.8, 4) is 0 Å². The van der Waals surface area contributed by atoms with Gasteiger partial charge in [0.05, 0.1) is 6.54 Å². The van der Waals surface area contributed by atoms with Gasteiger partial charge in [0.2, 0.25) is 0 Å². The summed E-state index contributed by atoms with van der Waals surface area (Å²) in [4.78, 5) is 7.16. The second-order valence-corrected chi connectivity index (χ2v) is 8.07. The maximum absolute atomic E-state index is 4.72. The van der Waals surface area contributed by atoms with Crippen molar-refractivity contribution in [2.75, 3.05) is 33.2 Å². The van der Waals surface area contributed by atoms with Gasteiger partial charge in [-0.05, 0) is 44.3 Å². The van der Waals surface area contributed by atoms with Crippen LogP contribution in [-0.4, -0.2) is 48.5 Å². The predicted molar refractivity (Wildman–Crippen MR) is 90.6 cm³/mol. The van der Waals surface area contributed by atoms with Crippen LogP contribution >= 0.6 is 11.8 Å². The molecular weight excluding hydrogens is 266 g/mol. The fourth-order valence-corrected chi connectivity index (χ4v) is 4.49. The molecule has 1 atom stereocenters. The lowest BCUT2D eigenvalue weighted by Crippen LogP contribution is -2.42. The van der Waals surface area contributed by atoms with Crippen LogP contribution < -0.4 is 5.32 Å². The van der Waals surface area contributed by atoms with Crippen LogP contribution in [0, 0.1) is 11.3 Å². The Bertz CT molecular complexity index is 331. The summed E-state index contributed by atoms with van der Waals surface area (Å²) in [5, 5.41) is 5.54. The third-order valence-corrected chi connectivity index (χ3v) is 6.45. The molecule has 0 aromatic heterocycles. The first-order chi connectivity index (χ1) is 9.56. The van der Waals surface area contributed by atoms with E-state index in [1.54, 1.807) is 0 Å². The van der Waals surface area contributed by atoms with Crippen LogP contribution in [0.4, 0.5) is 0 Å². The van der Waals surface area contributed by atoms with Gasteiger partial charge in [-0.25, -0.2) is 0 Å². The Morgan fingerprint density at radius 1 is 1.35 bits per heavy atom. The predicted octanol–water partition coefficient (Wildman–Crippen LogP) is 3.22. The first kappa shape index (κ1) is 16.2. The number of rotatable bonds is 5. The lowest BCUT2D eigenvalue weighted by molar-refractivity contribution is 0.142. The highest BCUT2D eigenvalue weighted by Gasteiger charge is 2.31. The number of hydrogen-bond donors (Lipinski definition) is 1. The molecule has 2 heterocycles. The van der Waals surface area contributed by atoms with Crippen molar-refractivity contribution in [1.82, 2.24) is 10.2 Å². The van der Waals surface area contributed by atoms with Gasteiger partial charge in [0.1, 0.15) is 0 Å². The number of amidine groups is 1. The van der Waals surface area contributed by atoms with Crippen molar-refractivity contribution < 1.29 is 0 Å². The Balaban J connectivity index is 1.75. The molecule has 0 radical (unpaired) electrons. The molecule has 2 rings (SSSR count). The van der Waals surface area contributed by atoms with Crippen LogP contribution in [0.1, 0.15) is 46.5 Å². The monoisotopic (exact) mass is 297 g/mol. The summed E-state index contributed by atoms with van der Waals surface area (Å²) < 4.78 is 0. The van der Waals surface area contributed by atoms with Crippen LogP contribution in [-0.2, 0) is 0 Å². The molecule has 0 aromatic carbocycles. The molecule has 0 aliphatic carbocycles. The summed E-state index contributed by atoms with van der Waals surface area (Å²) in [6.07, 6.45) is 5.15. The van der Waals surface area contributed by atoms with E-state index in [1.807, 2.05) is 11.8 Å². The van der Waals surface area contributed by atoms with E-state index in [4.69, 9.17) is 4.99 Å². The number of thioether (sulfide) groups is 1. The zero-order valence-corrected chi connectivity index (χ0v) is 14.4. The van der Waals surface area contributed by atoms with Crippen LogP contribution in [0.15, 0.2) is 4.99 Å². The van der Waals surface area contributed by atoms with E-state index >= 15 is 0 Å². The average molecular weight is 298 g/mol. The van der Waals surface area contributed by atoms with Crippen LogP contribution in [0.3, 0.4) is 0 Å². The Kier molecular flexibility index (Phi) is 5.79. The third kappa shape index (κ3) is 4.14. The van der Waals surface area contributed by atoms with Gasteiger partial charge in [-0.2, -0.15) is 0 Å². The molecule has 20 heavy (non-hydrogen) atoms. The molecule has 116 valence electrons. The molecule has 4 heteroatoms. The molecular formula is C16H31N3S. The van der Waals surface area contributed by atoms with Gasteiger partial charge in [-0.15, -0.1) is 0 Å². The maximum atomic E-state index is 4.72. The number of nitrogens with zero attached hydrogens (tertiary/aromatic N) is 2. The van der Waals surface area contributed by atoms with Crippen molar-refractivity contribution in [3.05, 3.63) is 0 Å². The largest absolute Gasteiger partial charge is 0.364 e. The SMILES string of the molecule is CCC(CC)C1CN=C(NCC2(C)CCN(C)CC2)S1. The lowest BCUT2D eigenvalue weighted by Gasteiger charge is -2.38. The molecule has 3 nitrogen and oxygen atoms in total. The number of hydrogen-bond acceptors (Lipinski definition) is 4. The Hall–Kier alpha value is -0.220. The molecule has 1 unspecified atom stereocenters. The smallest absolute Gasteiger partial charge is 0.156 e. The highest BCUT2D eigenvalue weighted by atomic mass is 32.2. The quantitative estimate of drug-likeness (QED) is 0.844. The van der Waals surface area contributed by atoms with Crippen LogP contribution in [0.25, 0.3) is 0 Å². The first-order valence-electron chi connectivity index (χ1n) is 8.20. The normalized spacial score (nSPS) is 26.9. The minimum atomic E-state index is 0.447. The minimum Gasteiger partial charge on any atom is -0.364 e. The molecule has 1 N–H and O–H groups in total. The van der Waals surface area contributed by atoms with Gasteiger partial charge in [0.15, 0.2) is 5.17 Å². The van der Waals surface area contributed by atoms with E-state index in [0.29, 0.717) is 10.7 Å². The molecule has 0 saturated carbocycles. The van der Waals surface area contributed by atoms with Gasteiger partial charge in [-0.3, -0.25) is 4.99 Å². The summed E-state index contributed by atoms with van der Waals surface area (Å²) >= 11 is 1.98. The fourth-order valence-electron chi connectivity index (χ4n) is 3.17. The van der Waals surface area contributed by atoms with E-state index in [0.717, 1.165) is 19.0 Å². The van der Waals surface area contributed by atoms with Gasteiger partial charge < -0.3 is 10.2 Å². The van der Waals surface area contributed by atoms with Crippen molar-refractivity contribution in [3.63, 3.8) is 0 Å². The second-order valence-electron chi connectivity index (χ2n) is 6.85. The van der Waals surface area contributed by atoms with Crippen molar-refractivity contribution in [1.29, 1.82) is 0 Å². The summed E-state index contributed by atoms with van der Waals surface area (Å²) in [6.45, 7) is 11.6. The molecule has 0 spiro atoms. The topological polar surface area (TPSA) is 27.6 Å². The maximum Gasteiger partial charge on any atom is 0.156 e. The van der Waals surface area contributed by atoms with Crippen LogP contribution in [0.2, 0.25) is 0 Å². The molecule has 2 aliphatic heterocycles. The van der Waals surface area contributed by atoms with Crippen molar-refractivity contribution in [2.24, 2.45) is 16.3 Å². The summed E-state index contributed by atoms with van der Waals surface area (Å²) in [7, 11) is 2.23. The van der Waals surface area contributed by atoms with Gasteiger partial charge in [0, 0.05) is 11.8 Å². The summed E-state index contributed by atoms with van der Waals surface area (Å²) in [5.74, 6) is 0.821. The molecule has 1 saturated heterocycles. The van der Waals surface area contributed by atoms with Crippen LogP contribution in [0.5, 0.6) is 0 Å². The fraction of sp³-hybridized carbons (Fsp3) is 0.938. The van der Waals surface area contributed by atoms with E-state index in [1.165, 1.54) is 43.9 Å². The number of nitrogens with one attached hydrogen (secondary N) is 1. The highest BCUT2D eigenvalue weighted by molar-refractivity contribution is 8.14. The zero-order chi connectivity index (χ0) is 14.6. The van der Waals surface area contributed by atoms with Crippen molar-refractivity contribution >= 4 is 16.9 Å². The number of piperidine rings is 1.